The summed E-state index contributed by atoms with van der Waals surface area (Å²) in [6, 6.07) is 4.31. The summed E-state index contributed by atoms with van der Waals surface area (Å²) in [4.78, 5) is 13.5. The van der Waals surface area contributed by atoms with Crippen molar-refractivity contribution in [1.82, 2.24) is 9.21 Å². The maximum absolute atomic E-state index is 13.6. The Morgan fingerprint density at radius 1 is 1.32 bits per heavy atom. The number of carbonyl (C=O) groups excluding carboxylic acids is 1. The predicted octanol–water partition coefficient (Wildman–Crippen LogP) is 1.07. The molecule has 6 nitrogen and oxygen atoms in total. The Balaban J connectivity index is 1.86. The first-order valence-corrected chi connectivity index (χ1v) is 9.22. The zero-order valence-corrected chi connectivity index (χ0v) is 14.4. The molecule has 1 aliphatic rings. The SMILES string of the molecule is CS(=O)(=O)N1CCN(C(=O)COc2ccc(Br)cc2F)CC1. The van der Waals surface area contributed by atoms with Crippen LogP contribution in [0.25, 0.3) is 0 Å². The second-order valence-electron chi connectivity index (χ2n) is 4.91. The molecule has 2 rings (SSSR count). The summed E-state index contributed by atoms with van der Waals surface area (Å²) in [6.07, 6.45) is 1.14. The van der Waals surface area contributed by atoms with Crippen molar-refractivity contribution in [3.8, 4) is 5.75 Å². The number of nitrogens with zero attached hydrogens (tertiary/aromatic N) is 2. The molecular weight excluding hydrogens is 379 g/mol. The Labute approximate surface area is 137 Å². The van der Waals surface area contributed by atoms with Gasteiger partial charge in [0.1, 0.15) is 0 Å². The number of rotatable bonds is 4. The van der Waals surface area contributed by atoms with Crippen LogP contribution >= 0.6 is 15.9 Å². The van der Waals surface area contributed by atoms with Crippen LogP contribution in [0.15, 0.2) is 22.7 Å². The molecule has 1 amide bonds. The van der Waals surface area contributed by atoms with Gasteiger partial charge in [-0.1, -0.05) is 15.9 Å². The van der Waals surface area contributed by atoms with Gasteiger partial charge in [0.15, 0.2) is 18.2 Å². The number of amides is 1. The first-order chi connectivity index (χ1) is 10.3. The van der Waals surface area contributed by atoms with Gasteiger partial charge < -0.3 is 9.64 Å². The van der Waals surface area contributed by atoms with Gasteiger partial charge >= 0.3 is 0 Å². The first-order valence-electron chi connectivity index (χ1n) is 6.58. The normalized spacial score (nSPS) is 16.6. The van der Waals surface area contributed by atoms with Crippen LogP contribution in [0, 0.1) is 5.82 Å². The molecular formula is C13H16BrFN2O4S. The highest BCUT2D eigenvalue weighted by molar-refractivity contribution is 9.10. The van der Waals surface area contributed by atoms with Crippen LogP contribution in [0.2, 0.25) is 0 Å². The third-order valence-corrected chi connectivity index (χ3v) is 5.10. The zero-order chi connectivity index (χ0) is 16.3. The highest BCUT2D eigenvalue weighted by atomic mass is 79.9. The molecule has 0 saturated carbocycles. The van der Waals surface area contributed by atoms with E-state index in [9.17, 15) is 17.6 Å². The van der Waals surface area contributed by atoms with E-state index in [2.05, 4.69) is 15.9 Å². The van der Waals surface area contributed by atoms with E-state index in [4.69, 9.17) is 4.74 Å². The average molecular weight is 395 g/mol. The number of sulfonamides is 1. The summed E-state index contributed by atoms with van der Waals surface area (Å²) >= 11 is 3.14. The van der Waals surface area contributed by atoms with Crippen molar-refractivity contribution in [3.05, 3.63) is 28.5 Å². The topological polar surface area (TPSA) is 66.9 Å². The second-order valence-corrected chi connectivity index (χ2v) is 7.80. The minimum Gasteiger partial charge on any atom is -0.481 e. The summed E-state index contributed by atoms with van der Waals surface area (Å²) in [6.45, 7) is 0.849. The summed E-state index contributed by atoms with van der Waals surface area (Å²) in [5, 5.41) is 0. The maximum atomic E-state index is 13.6. The Bertz CT molecular complexity index is 660. The van der Waals surface area contributed by atoms with Crippen LogP contribution in [0.4, 0.5) is 4.39 Å². The monoisotopic (exact) mass is 394 g/mol. The van der Waals surface area contributed by atoms with Gasteiger partial charge in [0.05, 0.1) is 6.26 Å². The van der Waals surface area contributed by atoms with E-state index >= 15 is 0 Å². The molecule has 22 heavy (non-hydrogen) atoms. The van der Waals surface area contributed by atoms with Crippen LogP contribution in [0.1, 0.15) is 0 Å². The van der Waals surface area contributed by atoms with Crippen LogP contribution in [0.5, 0.6) is 5.75 Å². The molecule has 1 heterocycles. The Hall–Kier alpha value is -1.19. The largest absolute Gasteiger partial charge is 0.481 e. The number of piperazine rings is 1. The van der Waals surface area contributed by atoms with Gasteiger partial charge in [0.25, 0.3) is 5.91 Å². The zero-order valence-electron chi connectivity index (χ0n) is 12.0. The molecule has 1 aliphatic heterocycles. The van der Waals surface area contributed by atoms with E-state index in [0.717, 1.165) is 6.26 Å². The van der Waals surface area contributed by atoms with Gasteiger partial charge in [-0.25, -0.2) is 12.8 Å². The van der Waals surface area contributed by atoms with E-state index in [0.29, 0.717) is 17.6 Å². The van der Waals surface area contributed by atoms with Crippen molar-refractivity contribution in [1.29, 1.82) is 0 Å². The quantitative estimate of drug-likeness (QED) is 0.765. The lowest BCUT2D eigenvalue weighted by atomic mass is 10.3. The standard InChI is InChI=1S/C13H16BrFN2O4S/c1-22(19,20)17-6-4-16(5-7-17)13(18)9-21-12-3-2-10(14)8-11(12)15/h2-3,8H,4-7,9H2,1H3. The minimum atomic E-state index is -3.23. The van der Waals surface area contributed by atoms with E-state index in [1.807, 2.05) is 0 Å². The lowest BCUT2D eigenvalue weighted by Crippen LogP contribution is -2.51. The fourth-order valence-electron chi connectivity index (χ4n) is 2.09. The lowest BCUT2D eigenvalue weighted by Gasteiger charge is -2.33. The average Bonchev–Trinajstić information content (AvgIpc) is 2.45. The van der Waals surface area contributed by atoms with Crippen LogP contribution < -0.4 is 4.74 Å². The smallest absolute Gasteiger partial charge is 0.260 e. The summed E-state index contributed by atoms with van der Waals surface area (Å²) in [7, 11) is -3.23. The van der Waals surface area contributed by atoms with E-state index in [1.54, 1.807) is 6.07 Å². The van der Waals surface area contributed by atoms with E-state index < -0.39 is 15.8 Å². The van der Waals surface area contributed by atoms with Gasteiger partial charge in [0, 0.05) is 30.7 Å². The van der Waals surface area contributed by atoms with Crippen molar-refractivity contribution in [2.45, 2.75) is 0 Å². The Morgan fingerprint density at radius 2 is 1.95 bits per heavy atom. The minimum absolute atomic E-state index is 0.00585. The van der Waals surface area contributed by atoms with Crippen LogP contribution in [0.3, 0.4) is 0 Å². The number of carbonyl (C=O) groups is 1. The van der Waals surface area contributed by atoms with Crippen molar-refractivity contribution < 1.29 is 22.3 Å². The molecule has 1 fully saturated rings. The van der Waals surface area contributed by atoms with E-state index in [-0.39, 0.29) is 31.4 Å². The lowest BCUT2D eigenvalue weighted by molar-refractivity contribution is -0.134. The van der Waals surface area contributed by atoms with Gasteiger partial charge in [0.2, 0.25) is 10.0 Å². The molecule has 0 N–H and O–H groups in total. The number of halogens is 2. The molecule has 1 aromatic rings. The van der Waals surface area contributed by atoms with Gasteiger partial charge in [-0.05, 0) is 18.2 Å². The molecule has 122 valence electrons. The van der Waals surface area contributed by atoms with Crippen LogP contribution in [-0.2, 0) is 14.8 Å². The molecule has 9 heteroatoms. The summed E-state index contributed by atoms with van der Waals surface area (Å²) in [5.74, 6) is -0.842. The molecule has 0 spiro atoms. The molecule has 0 radical (unpaired) electrons. The third kappa shape index (κ3) is 4.40. The van der Waals surface area contributed by atoms with Gasteiger partial charge in [-0.15, -0.1) is 0 Å². The number of ether oxygens (including phenoxy) is 1. The highest BCUT2D eigenvalue weighted by Crippen LogP contribution is 2.21. The number of hydrogen-bond acceptors (Lipinski definition) is 4. The van der Waals surface area contributed by atoms with Crippen LogP contribution in [-0.4, -0.2) is 62.6 Å². The first kappa shape index (κ1) is 17.2. The van der Waals surface area contributed by atoms with Crippen molar-refractivity contribution in [2.24, 2.45) is 0 Å². The highest BCUT2D eigenvalue weighted by Gasteiger charge is 2.26. The predicted molar refractivity (Wildman–Crippen MR) is 82.6 cm³/mol. The summed E-state index contributed by atoms with van der Waals surface area (Å²) < 4.78 is 43.4. The third-order valence-electron chi connectivity index (χ3n) is 3.31. The van der Waals surface area contributed by atoms with Gasteiger partial charge in [-0.3, -0.25) is 4.79 Å². The van der Waals surface area contributed by atoms with Crippen molar-refractivity contribution >= 4 is 31.9 Å². The Kier molecular flexibility index (Phi) is 5.41. The molecule has 0 aromatic heterocycles. The molecule has 0 bridgehead atoms. The Morgan fingerprint density at radius 3 is 2.50 bits per heavy atom. The molecule has 1 aromatic carbocycles. The molecule has 0 atom stereocenters. The second kappa shape index (κ2) is 6.93. The number of benzene rings is 1. The number of hydrogen-bond donors (Lipinski definition) is 0. The van der Waals surface area contributed by atoms with Gasteiger partial charge in [-0.2, -0.15) is 4.31 Å². The van der Waals surface area contributed by atoms with Crippen molar-refractivity contribution in [3.63, 3.8) is 0 Å². The molecule has 0 unspecified atom stereocenters. The molecule has 1 saturated heterocycles. The summed E-state index contributed by atoms with van der Waals surface area (Å²) in [5.41, 5.74) is 0. The van der Waals surface area contributed by atoms with E-state index in [1.165, 1.54) is 21.3 Å². The fraction of sp³-hybridized carbons (Fsp3) is 0.462. The van der Waals surface area contributed by atoms with Crippen molar-refractivity contribution in [2.75, 3.05) is 39.0 Å². The fourth-order valence-corrected chi connectivity index (χ4v) is 3.25. The molecule has 0 aliphatic carbocycles. The maximum Gasteiger partial charge on any atom is 0.260 e.